The summed E-state index contributed by atoms with van der Waals surface area (Å²) < 4.78 is 27.0. The van der Waals surface area contributed by atoms with Gasteiger partial charge in [-0.1, -0.05) is 84.5 Å². The minimum atomic E-state index is -0.116. The van der Waals surface area contributed by atoms with Gasteiger partial charge >= 0.3 is 5.97 Å². The van der Waals surface area contributed by atoms with E-state index in [0.29, 0.717) is 59.3 Å². The second kappa shape index (κ2) is 28.3. The number of hydrogen-bond acceptors (Lipinski definition) is 6. The molecule has 0 atom stereocenters. The van der Waals surface area contributed by atoms with Gasteiger partial charge < -0.3 is 23.7 Å². The molecule has 6 nitrogen and oxygen atoms in total. The molecule has 0 fully saturated rings. The maximum atomic E-state index is 11.7. The summed E-state index contributed by atoms with van der Waals surface area (Å²) in [5.74, 6) is -0.116. The number of ether oxygens (including phenoxy) is 5. The molecule has 192 valence electrons. The Morgan fingerprint density at radius 1 is 0.438 bits per heavy atom. The highest BCUT2D eigenvalue weighted by molar-refractivity contribution is 5.69. The van der Waals surface area contributed by atoms with Crippen LogP contribution in [0.1, 0.15) is 104 Å². The molecule has 0 unspecified atom stereocenters. The van der Waals surface area contributed by atoms with E-state index in [4.69, 9.17) is 23.7 Å². The molecule has 32 heavy (non-hydrogen) atoms. The van der Waals surface area contributed by atoms with Gasteiger partial charge in [-0.3, -0.25) is 4.79 Å². The summed E-state index contributed by atoms with van der Waals surface area (Å²) in [5.41, 5.74) is 0. The van der Waals surface area contributed by atoms with Crippen molar-refractivity contribution in [2.24, 2.45) is 0 Å². The van der Waals surface area contributed by atoms with Crippen LogP contribution in [-0.2, 0) is 28.5 Å². The topological polar surface area (TPSA) is 63.2 Å². The van der Waals surface area contributed by atoms with E-state index >= 15 is 0 Å². The molecule has 0 saturated heterocycles. The minimum Gasteiger partial charge on any atom is -0.463 e. The lowest BCUT2D eigenvalue weighted by molar-refractivity contribution is -0.145. The predicted octanol–water partition coefficient (Wildman–Crippen LogP) is 6.10. The molecular weight excluding hydrogens is 408 g/mol. The number of rotatable bonds is 27. The average Bonchev–Trinajstić information content (AvgIpc) is 2.80. The highest BCUT2D eigenvalue weighted by Gasteiger charge is 2.02. The monoisotopic (exact) mass is 460 g/mol. The third-order valence-corrected chi connectivity index (χ3v) is 5.23. The van der Waals surface area contributed by atoms with Crippen LogP contribution >= 0.6 is 0 Å². The van der Waals surface area contributed by atoms with Crippen molar-refractivity contribution in [2.75, 3.05) is 59.5 Å². The molecule has 6 heteroatoms. The Morgan fingerprint density at radius 3 is 1.31 bits per heavy atom. The van der Waals surface area contributed by atoms with E-state index in [0.717, 1.165) is 25.9 Å². The third kappa shape index (κ3) is 27.3. The molecule has 0 rings (SSSR count). The molecule has 0 heterocycles. The Bertz CT molecular complexity index is 364. The standard InChI is InChI=1S/C26H52O6/c1-3-5-7-9-10-11-12-13-14-16-26(27)32-25-24-31-23-22-30-21-20-29-19-18-28-17-15-8-6-4-2/h3-25H2,1-2H3. The Hall–Kier alpha value is -0.690. The molecule has 0 spiro atoms. The van der Waals surface area contributed by atoms with Crippen molar-refractivity contribution < 1.29 is 28.5 Å². The van der Waals surface area contributed by atoms with E-state index in [-0.39, 0.29) is 5.97 Å². The fraction of sp³-hybridized carbons (Fsp3) is 0.962. The minimum absolute atomic E-state index is 0.116. The smallest absolute Gasteiger partial charge is 0.305 e. The van der Waals surface area contributed by atoms with Crippen LogP contribution in [0.3, 0.4) is 0 Å². The van der Waals surface area contributed by atoms with Gasteiger partial charge in [-0.2, -0.15) is 0 Å². The lowest BCUT2D eigenvalue weighted by Crippen LogP contribution is -2.14. The second-order valence-corrected chi connectivity index (χ2v) is 8.31. The summed E-state index contributed by atoms with van der Waals surface area (Å²) in [7, 11) is 0. The third-order valence-electron chi connectivity index (χ3n) is 5.23. The SMILES string of the molecule is CCCCCCCCCCCC(=O)OCCOCCOCCOCCOCCCCCC. The van der Waals surface area contributed by atoms with Crippen molar-refractivity contribution in [1.82, 2.24) is 0 Å². The fourth-order valence-electron chi connectivity index (χ4n) is 3.26. The molecule has 0 aliphatic carbocycles. The number of esters is 1. The Labute approximate surface area is 198 Å². The molecule has 0 radical (unpaired) electrons. The summed E-state index contributed by atoms with van der Waals surface area (Å²) in [6.07, 6.45) is 16.7. The summed E-state index contributed by atoms with van der Waals surface area (Å²) in [6.45, 7) is 9.39. The molecule has 0 aliphatic rings. The van der Waals surface area contributed by atoms with Gasteiger partial charge in [0.25, 0.3) is 0 Å². The summed E-state index contributed by atoms with van der Waals surface area (Å²) in [4.78, 5) is 11.7. The number of unbranched alkanes of at least 4 members (excludes halogenated alkanes) is 11. The summed E-state index contributed by atoms with van der Waals surface area (Å²) in [5, 5.41) is 0. The van der Waals surface area contributed by atoms with Crippen LogP contribution in [0.5, 0.6) is 0 Å². The van der Waals surface area contributed by atoms with Gasteiger partial charge in [-0.15, -0.1) is 0 Å². The lowest BCUT2D eigenvalue weighted by Gasteiger charge is -2.08. The molecule has 0 bridgehead atoms. The first kappa shape index (κ1) is 31.3. The van der Waals surface area contributed by atoms with Crippen molar-refractivity contribution in [3.05, 3.63) is 0 Å². The summed E-state index contributed by atoms with van der Waals surface area (Å²) in [6, 6.07) is 0. The first-order chi connectivity index (χ1) is 15.8. The Morgan fingerprint density at radius 2 is 0.812 bits per heavy atom. The molecule has 0 saturated carbocycles. The highest BCUT2D eigenvalue weighted by Crippen LogP contribution is 2.10. The van der Waals surface area contributed by atoms with Gasteiger partial charge in [0, 0.05) is 13.0 Å². The average molecular weight is 461 g/mol. The van der Waals surface area contributed by atoms with E-state index in [9.17, 15) is 4.79 Å². The largest absolute Gasteiger partial charge is 0.463 e. The van der Waals surface area contributed by atoms with Gasteiger partial charge in [-0.05, 0) is 12.8 Å². The van der Waals surface area contributed by atoms with Crippen LogP contribution in [0.4, 0.5) is 0 Å². The van der Waals surface area contributed by atoms with E-state index in [1.165, 1.54) is 64.2 Å². The van der Waals surface area contributed by atoms with Gasteiger partial charge in [0.1, 0.15) is 6.61 Å². The van der Waals surface area contributed by atoms with Crippen LogP contribution in [0.2, 0.25) is 0 Å². The number of carbonyl (C=O) groups is 1. The van der Waals surface area contributed by atoms with Crippen molar-refractivity contribution in [3.8, 4) is 0 Å². The molecule has 0 aromatic carbocycles. The van der Waals surface area contributed by atoms with Crippen molar-refractivity contribution in [3.63, 3.8) is 0 Å². The van der Waals surface area contributed by atoms with Crippen molar-refractivity contribution in [2.45, 2.75) is 104 Å². The molecule has 0 amide bonds. The van der Waals surface area contributed by atoms with E-state index in [1.807, 2.05) is 0 Å². The Kier molecular flexibility index (Phi) is 27.7. The maximum absolute atomic E-state index is 11.7. The zero-order chi connectivity index (χ0) is 23.4. The van der Waals surface area contributed by atoms with Crippen LogP contribution in [0.25, 0.3) is 0 Å². The molecule has 0 aromatic rings. The van der Waals surface area contributed by atoms with E-state index in [2.05, 4.69) is 13.8 Å². The lowest BCUT2D eigenvalue weighted by atomic mass is 10.1. The van der Waals surface area contributed by atoms with Gasteiger partial charge in [0.05, 0.1) is 46.2 Å². The Balaban J connectivity index is 3.12. The van der Waals surface area contributed by atoms with E-state index in [1.54, 1.807) is 0 Å². The van der Waals surface area contributed by atoms with E-state index < -0.39 is 0 Å². The quantitative estimate of drug-likeness (QED) is 0.109. The molecule has 0 aliphatic heterocycles. The highest BCUT2D eigenvalue weighted by atomic mass is 16.6. The fourth-order valence-corrected chi connectivity index (χ4v) is 3.26. The van der Waals surface area contributed by atoms with Crippen molar-refractivity contribution in [1.29, 1.82) is 0 Å². The first-order valence-corrected chi connectivity index (χ1v) is 13.3. The van der Waals surface area contributed by atoms with Gasteiger partial charge in [0.2, 0.25) is 0 Å². The van der Waals surface area contributed by atoms with Crippen LogP contribution < -0.4 is 0 Å². The van der Waals surface area contributed by atoms with Crippen LogP contribution in [-0.4, -0.2) is 65.4 Å². The zero-order valence-electron chi connectivity index (χ0n) is 21.2. The molecular formula is C26H52O6. The first-order valence-electron chi connectivity index (χ1n) is 13.3. The zero-order valence-corrected chi connectivity index (χ0v) is 21.2. The molecule has 0 aromatic heterocycles. The van der Waals surface area contributed by atoms with Crippen LogP contribution in [0, 0.1) is 0 Å². The molecule has 0 N–H and O–H groups in total. The van der Waals surface area contributed by atoms with Crippen molar-refractivity contribution >= 4 is 5.97 Å². The predicted molar refractivity (Wildman–Crippen MR) is 130 cm³/mol. The normalized spacial score (nSPS) is 11.2. The number of carbonyl (C=O) groups excluding carboxylic acids is 1. The van der Waals surface area contributed by atoms with Gasteiger partial charge in [-0.25, -0.2) is 0 Å². The number of hydrogen-bond donors (Lipinski definition) is 0. The second-order valence-electron chi connectivity index (χ2n) is 8.31. The summed E-state index contributed by atoms with van der Waals surface area (Å²) >= 11 is 0. The van der Waals surface area contributed by atoms with Crippen LogP contribution in [0.15, 0.2) is 0 Å². The maximum Gasteiger partial charge on any atom is 0.305 e. The van der Waals surface area contributed by atoms with Gasteiger partial charge in [0.15, 0.2) is 0 Å².